The van der Waals surface area contributed by atoms with Crippen LogP contribution >= 0.6 is 0 Å². The van der Waals surface area contributed by atoms with Crippen LogP contribution < -0.4 is 5.32 Å². The van der Waals surface area contributed by atoms with Crippen LogP contribution in [0.5, 0.6) is 0 Å². The Kier molecular flexibility index (Phi) is 3.68. The van der Waals surface area contributed by atoms with Crippen molar-refractivity contribution in [3.8, 4) is 6.07 Å². The number of aliphatic hydroxyl groups is 1. The predicted octanol–water partition coefficient (Wildman–Crippen LogP) is 3.52. The molecule has 0 saturated heterocycles. The van der Waals surface area contributed by atoms with Crippen molar-refractivity contribution in [3.63, 3.8) is 0 Å². The van der Waals surface area contributed by atoms with Gasteiger partial charge < -0.3 is 10.4 Å². The van der Waals surface area contributed by atoms with Crippen molar-refractivity contribution in [1.29, 1.82) is 5.26 Å². The zero-order valence-corrected chi connectivity index (χ0v) is 13.9. The first-order valence-electron chi connectivity index (χ1n) is 8.16. The quantitative estimate of drug-likeness (QED) is 0.833. The molecule has 0 aromatic heterocycles. The highest BCUT2D eigenvalue weighted by Crippen LogP contribution is 2.43. The lowest BCUT2D eigenvalue weighted by Gasteiger charge is -2.36. The summed E-state index contributed by atoms with van der Waals surface area (Å²) in [6, 6.07) is 5.67. The van der Waals surface area contributed by atoms with E-state index in [9.17, 15) is 9.90 Å². The molecule has 4 nitrogen and oxygen atoms in total. The summed E-state index contributed by atoms with van der Waals surface area (Å²) in [5, 5.41) is 23.0. The van der Waals surface area contributed by atoms with E-state index in [-0.39, 0.29) is 11.7 Å². The van der Waals surface area contributed by atoms with Crippen LogP contribution in [0.15, 0.2) is 17.9 Å². The number of aliphatic hydroxyl groups excluding tert-OH is 1. The first-order valence-corrected chi connectivity index (χ1v) is 8.16. The van der Waals surface area contributed by atoms with Gasteiger partial charge in [-0.15, -0.1) is 0 Å². The Hall–Kier alpha value is -2.28. The zero-order chi connectivity index (χ0) is 16.8. The monoisotopic (exact) mass is 310 g/mol. The molecule has 1 aliphatic heterocycles. The van der Waals surface area contributed by atoms with Crippen LogP contribution in [0.4, 0.5) is 0 Å². The second kappa shape index (κ2) is 5.42. The average Bonchev–Trinajstić information content (AvgIpc) is 2.74. The Bertz CT molecular complexity index is 724. The van der Waals surface area contributed by atoms with Crippen LogP contribution in [0, 0.1) is 31.1 Å². The third kappa shape index (κ3) is 2.41. The van der Waals surface area contributed by atoms with E-state index >= 15 is 0 Å². The summed E-state index contributed by atoms with van der Waals surface area (Å²) in [4.78, 5) is 12.6. The van der Waals surface area contributed by atoms with E-state index in [1.165, 1.54) is 0 Å². The number of aryl methyl sites for hydroxylation is 2. The Labute approximate surface area is 136 Å². The minimum absolute atomic E-state index is 0.185. The number of nitriles is 1. The summed E-state index contributed by atoms with van der Waals surface area (Å²) in [7, 11) is 0. The molecule has 2 N–H and O–H groups in total. The maximum atomic E-state index is 12.6. The maximum absolute atomic E-state index is 12.6. The molecule has 1 aliphatic carbocycles. The first-order chi connectivity index (χ1) is 10.9. The maximum Gasteiger partial charge on any atom is 0.256 e. The van der Waals surface area contributed by atoms with Crippen molar-refractivity contribution in [1.82, 2.24) is 5.32 Å². The van der Waals surface area contributed by atoms with Crippen molar-refractivity contribution in [2.75, 3.05) is 0 Å². The molecule has 0 atom stereocenters. The standard InChI is InChI=1S/C19H22N2O2/c1-11-4-6-19(7-5-11)17(22)16(18(23)21-19)15-12(2)8-14(10-20)9-13(15)3/h8-9,11,22H,4-7H2,1-3H3,(H,21,23). The molecule has 0 bridgehead atoms. The molecular weight excluding hydrogens is 288 g/mol. The molecule has 1 saturated carbocycles. The van der Waals surface area contributed by atoms with Crippen LogP contribution in [-0.2, 0) is 4.79 Å². The molecule has 2 aliphatic rings. The molecule has 3 rings (SSSR count). The Balaban J connectivity index is 2.11. The number of nitrogens with one attached hydrogen (secondary N) is 1. The van der Waals surface area contributed by atoms with Crippen molar-refractivity contribution < 1.29 is 9.90 Å². The summed E-state index contributed by atoms with van der Waals surface area (Å²) in [6.45, 7) is 5.97. The van der Waals surface area contributed by atoms with Crippen molar-refractivity contribution in [2.45, 2.75) is 52.0 Å². The molecule has 1 fully saturated rings. The van der Waals surface area contributed by atoms with Crippen molar-refractivity contribution >= 4 is 11.5 Å². The van der Waals surface area contributed by atoms with Crippen LogP contribution in [0.25, 0.3) is 5.57 Å². The van der Waals surface area contributed by atoms with E-state index in [2.05, 4.69) is 18.3 Å². The lowest BCUT2D eigenvalue weighted by molar-refractivity contribution is -0.116. The fourth-order valence-corrected chi connectivity index (χ4v) is 3.96. The second-order valence-electron chi connectivity index (χ2n) is 7.04. The fraction of sp³-hybridized carbons (Fsp3) is 0.474. The smallest absolute Gasteiger partial charge is 0.256 e. The number of amides is 1. The van der Waals surface area contributed by atoms with Gasteiger partial charge in [0.1, 0.15) is 5.76 Å². The SMILES string of the molecule is Cc1cc(C#N)cc(C)c1C1=C(O)C2(CCC(C)CC2)NC1=O. The highest BCUT2D eigenvalue weighted by Gasteiger charge is 2.47. The Morgan fingerprint density at radius 2 is 1.83 bits per heavy atom. The van der Waals surface area contributed by atoms with Crippen LogP contribution in [-0.4, -0.2) is 16.6 Å². The molecule has 1 spiro atoms. The molecule has 4 heteroatoms. The second-order valence-corrected chi connectivity index (χ2v) is 7.04. The molecule has 0 radical (unpaired) electrons. The van der Waals surface area contributed by atoms with Crippen LogP contribution in [0.2, 0.25) is 0 Å². The van der Waals surface area contributed by atoms with Gasteiger partial charge in [-0.2, -0.15) is 5.26 Å². The van der Waals surface area contributed by atoms with Crippen molar-refractivity contribution in [2.24, 2.45) is 5.92 Å². The number of hydrogen-bond donors (Lipinski definition) is 2. The lowest BCUT2D eigenvalue weighted by Crippen LogP contribution is -2.47. The van der Waals surface area contributed by atoms with Gasteiger partial charge in [-0.1, -0.05) is 6.92 Å². The third-order valence-electron chi connectivity index (χ3n) is 5.31. The van der Waals surface area contributed by atoms with Crippen LogP contribution in [0.3, 0.4) is 0 Å². The summed E-state index contributed by atoms with van der Waals surface area (Å²) in [5.74, 6) is 0.617. The minimum atomic E-state index is -0.592. The number of hydrogen-bond acceptors (Lipinski definition) is 3. The fourth-order valence-electron chi connectivity index (χ4n) is 3.96. The molecule has 120 valence electrons. The predicted molar refractivity (Wildman–Crippen MR) is 88.7 cm³/mol. The first kappa shape index (κ1) is 15.6. The normalized spacial score (nSPS) is 27.2. The topological polar surface area (TPSA) is 73.1 Å². The van der Waals surface area contributed by atoms with Gasteiger partial charge in [0.25, 0.3) is 5.91 Å². The highest BCUT2D eigenvalue weighted by molar-refractivity contribution is 6.24. The zero-order valence-electron chi connectivity index (χ0n) is 13.9. The van der Waals surface area contributed by atoms with Gasteiger partial charge in [0.15, 0.2) is 0 Å². The molecule has 1 heterocycles. The van der Waals surface area contributed by atoms with E-state index in [1.54, 1.807) is 12.1 Å². The average molecular weight is 310 g/mol. The van der Waals surface area contributed by atoms with Gasteiger partial charge in [-0.3, -0.25) is 4.79 Å². The Morgan fingerprint density at radius 3 is 2.35 bits per heavy atom. The summed E-state index contributed by atoms with van der Waals surface area (Å²) >= 11 is 0. The lowest BCUT2D eigenvalue weighted by atomic mass is 9.76. The number of rotatable bonds is 1. The third-order valence-corrected chi connectivity index (χ3v) is 5.31. The van der Waals surface area contributed by atoms with E-state index in [0.29, 0.717) is 17.1 Å². The number of nitrogens with zero attached hydrogens (tertiary/aromatic N) is 1. The summed E-state index contributed by atoms with van der Waals surface area (Å²) in [5.41, 5.74) is 2.82. The van der Waals surface area contributed by atoms with Crippen molar-refractivity contribution in [3.05, 3.63) is 40.1 Å². The Morgan fingerprint density at radius 1 is 1.26 bits per heavy atom. The number of carbonyl (C=O) groups excluding carboxylic acids is 1. The van der Waals surface area contributed by atoms with Gasteiger partial charge in [-0.05, 0) is 74.3 Å². The van der Waals surface area contributed by atoms with E-state index in [4.69, 9.17) is 5.26 Å². The molecule has 1 amide bonds. The van der Waals surface area contributed by atoms with Gasteiger partial charge in [0.2, 0.25) is 0 Å². The number of benzene rings is 1. The molecule has 1 aromatic carbocycles. The van der Waals surface area contributed by atoms with E-state index in [0.717, 1.165) is 42.4 Å². The largest absolute Gasteiger partial charge is 0.509 e. The number of carbonyl (C=O) groups is 1. The highest BCUT2D eigenvalue weighted by atomic mass is 16.3. The molecule has 0 unspecified atom stereocenters. The van der Waals surface area contributed by atoms with E-state index in [1.807, 2.05) is 13.8 Å². The van der Waals surface area contributed by atoms with Gasteiger partial charge in [0.05, 0.1) is 22.7 Å². The summed E-state index contributed by atoms with van der Waals surface area (Å²) < 4.78 is 0. The van der Waals surface area contributed by atoms with Crippen LogP contribution in [0.1, 0.15) is 54.9 Å². The molecule has 1 aromatic rings. The van der Waals surface area contributed by atoms with Gasteiger partial charge in [0, 0.05) is 0 Å². The molecular formula is C19H22N2O2. The minimum Gasteiger partial charge on any atom is -0.509 e. The summed E-state index contributed by atoms with van der Waals surface area (Å²) in [6.07, 6.45) is 3.57. The van der Waals surface area contributed by atoms with E-state index < -0.39 is 5.54 Å². The van der Waals surface area contributed by atoms with Gasteiger partial charge >= 0.3 is 0 Å². The van der Waals surface area contributed by atoms with Gasteiger partial charge in [-0.25, -0.2) is 0 Å². The molecule has 23 heavy (non-hydrogen) atoms.